The molecule has 19 heavy (non-hydrogen) atoms. The second-order valence-corrected chi connectivity index (χ2v) is 6.60. The van der Waals surface area contributed by atoms with Crippen LogP contribution in [0.3, 0.4) is 0 Å². The van der Waals surface area contributed by atoms with Crippen LogP contribution in [0.15, 0.2) is 24.3 Å². The Labute approximate surface area is 122 Å². The molecule has 1 aliphatic rings. The SMILES string of the molecule is COCCOc1ccccc1C(=O)C1CSCCS1. The van der Waals surface area contributed by atoms with Crippen LogP contribution >= 0.6 is 23.5 Å². The zero-order valence-electron chi connectivity index (χ0n) is 11.0. The van der Waals surface area contributed by atoms with Gasteiger partial charge in [0.05, 0.1) is 17.4 Å². The molecule has 3 nitrogen and oxygen atoms in total. The molecule has 1 saturated heterocycles. The summed E-state index contributed by atoms with van der Waals surface area (Å²) in [7, 11) is 1.64. The highest BCUT2D eigenvalue weighted by molar-refractivity contribution is 8.07. The Morgan fingerprint density at radius 1 is 1.32 bits per heavy atom. The zero-order chi connectivity index (χ0) is 13.5. The van der Waals surface area contributed by atoms with E-state index in [-0.39, 0.29) is 11.0 Å². The molecule has 1 aromatic rings. The average Bonchev–Trinajstić information content (AvgIpc) is 2.48. The maximum atomic E-state index is 12.5. The van der Waals surface area contributed by atoms with Crippen molar-refractivity contribution in [2.75, 3.05) is 37.6 Å². The van der Waals surface area contributed by atoms with Gasteiger partial charge < -0.3 is 9.47 Å². The quantitative estimate of drug-likeness (QED) is 0.596. The van der Waals surface area contributed by atoms with E-state index >= 15 is 0 Å². The molecule has 1 atom stereocenters. The van der Waals surface area contributed by atoms with Crippen molar-refractivity contribution in [1.82, 2.24) is 0 Å². The molecule has 0 radical (unpaired) electrons. The lowest BCUT2D eigenvalue weighted by Gasteiger charge is -2.20. The third-order valence-corrected chi connectivity index (χ3v) is 5.56. The standard InChI is InChI=1S/C14H18O3S2/c1-16-6-7-17-12-5-3-2-4-11(12)14(15)13-10-18-8-9-19-13/h2-5,13H,6-10H2,1H3. The maximum Gasteiger partial charge on any atom is 0.180 e. The van der Waals surface area contributed by atoms with Crippen molar-refractivity contribution in [2.24, 2.45) is 0 Å². The molecule has 1 unspecified atom stereocenters. The van der Waals surface area contributed by atoms with E-state index in [4.69, 9.17) is 9.47 Å². The van der Waals surface area contributed by atoms with E-state index in [1.54, 1.807) is 18.9 Å². The van der Waals surface area contributed by atoms with Crippen molar-refractivity contribution < 1.29 is 14.3 Å². The van der Waals surface area contributed by atoms with Gasteiger partial charge in [-0.05, 0) is 12.1 Å². The summed E-state index contributed by atoms with van der Waals surface area (Å²) in [6.45, 7) is 0.990. The van der Waals surface area contributed by atoms with Crippen LogP contribution in [-0.4, -0.2) is 48.6 Å². The van der Waals surface area contributed by atoms with E-state index in [1.165, 1.54) is 0 Å². The number of ether oxygens (including phenoxy) is 2. The van der Waals surface area contributed by atoms with E-state index in [2.05, 4.69) is 0 Å². The molecule has 5 heteroatoms. The first kappa shape index (κ1) is 14.8. The molecule has 2 rings (SSSR count). The molecule has 0 N–H and O–H groups in total. The van der Waals surface area contributed by atoms with Gasteiger partial charge in [-0.3, -0.25) is 4.79 Å². The Balaban J connectivity index is 2.07. The summed E-state index contributed by atoms with van der Waals surface area (Å²) in [5, 5.41) is 0.0610. The van der Waals surface area contributed by atoms with Gasteiger partial charge in [0.25, 0.3) is 0 Å². The number of carbonyl (C=O) groups excluding carboxylic acids is 1. The maximum absolute atomic E-state index is 12.5. The predicted octanol–water partition coefficient (Wildman–Crippen LogP) is 2.74. The van der Waals surface area contributed by atoms with Crippen molar-refractivity contribution in [3.63, 3.8) is 0 Å². The summed E-state index contributed by atoms with van der Waals surface area (Å²) < 4.78 is 10.6. The highest BCUT2D eigenvalue weighted by Gasteiger charge is 2.25. The van der Waals surface area contributed by atoms with Crippen molar-refractivity contribution >= 4 is 29.3 Å². The van der Waals surface area contributed by atoms with E-state index in [1.807, 2.05) is 36.0 Å². The second kappa shape index (κ2) is 7.82. The molecule has 1 fully saturated rings. The Bertz CT molecular complexity index is 417. The topological polar surface area (TPSA) is 35.5 Å². The number of hydrogen-bond donors (Lipinski definition) is 0. The van der Waals surface area contributed by atoms with Gasteiger partial charge in [-0.1, -0.05) is 12.1 Å². The highest BCUT2D eigenvalue weighted by atomic mass is 32.2. The van der Waals surface area contributed by atoms with Crippen LogP contribution in [0.25, 0.3) is 0 Å². The molecule has 1 aliphatic heterocycles. The van der Waals surface area contributed by atoms with Crippen LogP contribution < -0.4 is 4.74 Å². The van der Waals surface area contributed by atoms with E-state index in [0.717, 1.165) is 17.3 Å². The van der Waals surface area contributed by atoms with Gasteiger partial charge in [0.2, 0.25) is 0 Å². The second-order valence-electron chi connectivity index (χ2n) is 4.14. The number of carbonyl (C=O) groups is 1. The lowest BCUT2D eigenvalue weighted by molar-refractivity contribution is 0.0987. The Morgan fingerprint density at radius 2 is 2.16 bits per heavy atom. The Kier molecular flexibility index (Phi) is 6.07. The van der Waals surface area contributed by atoms with E-state index in [9.17, 15) is 4.79 Å². The van der Waals surface area contributed by atoms with Crippen molar-refractivity contribution in [3.05, 3.63) is 29.8 Å². The lowest BCUT2D eigenvalue weighted by atomic mass is 10.1. The Morgan fingerprint density at radius 3 is 2.89 bits per heavy atom. The van der Waals surface area contributed by atoms with Crippen LogP contribution in [0.4, 0.5) is 0 Å². The molecule has 0 saturated carbocycles. The fraction of sp³-hybridized carbons (Fsp3) is 0.500. The van der Waals surface area contributed by atoms with E-state index in [0.29, 0.717) is 24.5 Å². The largest absolute Gasteiger partial charge is 0.490 e. The number of methoxy groups -OCH3 is 1. The predicted molar refractivity (Wildman–Crippen MR) is 81.7 cm³/mol. The number of Topliss-reactive ketones (excluding diaryl/α,β-unsaturated/α-hetero) is 1. The number of ketones is 1. The van der Waals surface area contributed by atoms with Crippen LogP contribution in [0, 0.1) is 0 Å². The van der Waals surface area contributed by atoms with E-state index < -0.39 is 0 Å². The fourth-order valence-electron chi connectivity index (χ4n) is 1.84. The van der Waals surface area contributed by atoms with Crippen LogP contribution in [0.5, 0.6) is 5.75 Å². The number of hydrogen-bond acceptors (Lipinski definition) is 5. The van der Waals surface area contributed by atoms with Gasteiger partial charge in [0.15, 0.2) is 5.78 Å². The number of benzene rings is 1. The summed E-state index contributed by atoms with van der Waals surface area (Å²) in [4.78, 5) is 12.5. The first-order valence-corrected chi connectivity index (χ1v) is 8.47. The average molecular weight is 298 g/mol. The molecule has 1 heterocycles. The van der Waals surface area contributed by atoms with Gasteiger partial charge in [-0.15, -0.1) is 11.8 Å². The Hall–Kier alpha value is -0.650. The molecule has 0 aromatic heterocycles. The lowest BCUT2D eigenvalue weighted by Crippen LogP contribution is -2.25. The first-order valence-electron chi connectivity index (χ1n) is 6.27. The van der Waals surface area contributed by atoms with Crippen LogP contribution in [0.2, 0.25) is 0 Å². The third kappa shape index (κ3) is 4.16. The number of para-hydroxylation sites is 1. The molecule has 0 spiro atoms. The van der Waals surface area contributed by atoms with Crippen LogP contribution in [0.1, 0.15) is 10.4 Å². The molecule has 0 bridgehead atoms. The molecule has 0 amide bonds. The minimum absolute atomic E-state index is 0.0610. The van der Waals surface area contributed by atoms with Crippen molar-refractivity contribution in [1.29, 1.82) is 0 Å². The zero-order valence-corrected chi connectivity index (χ0v) is 12.6. The van der Waals surface area contributed by atoms with Crippen molar-refractivity contribution in [3.8, 4) is 5.75 Å². The first-order chi connectivity index (χ1) is 9.33. The summed E-state index contributed by atoms with van der Waals surface area (Å²) in [5.74, 6) is 3.94. The van der Waals surface area contributed by atoms with Crippen molar-refractivity contribution in [2.45, 2.75) is 5.25 Å². The smallest absolute Gasteiger partial charge is 0.180 e. The van der Waals surface area contributed by atoms with Crippen LogP contribution in [-0.2, 0) is 4.74 Å². The minimum atomic E-state index is 0.0610. The van der Waals surface area contributed by atoms with Gasteiger partial charge in [-0.25, -0.2) is 0 Å². The summed E-state index contributed by atoms with van der Waals surface area (Å²) in [6.07, 6.45) is 0. The van der Waals surface area contributed by atoms with Gasteiger partial charge in [-0.2, -0.15) is 11.8 Å². The number of rotatable bonds is 6. The fourth-order valence-corrected chi connectivity index (χ4v) is 4.47. The number of thioether (sulfide) groups is 2. The normalized spacial score (nSPS) is 19.1. The molecule has 1 aromatic carbocycles. The monoisotopic (exact) mass is 298 g/mol. The summed E-state index contributed by atoms with van der Waals surface area (Å²) in [6, 6.07) is 7.48. The minimum Gasteiger partial charge on any atom is -0.490 e. The summed E-state index contributed by atoms with van der Waals surface area (Å²) in [5.41, 5.74) is 0.693. The van der Waals surface area contributed by atoms with Gasteiger partial charge >= 0.3 is 0 Å². The molecular weight excluding hydrogens is 280 g/mol. The molecule has 104 valence electrons. The molecular formula is C14H18O3S2. The van der Waals surface area contributed by atoms with Gasteiger partial charge in [0.1, 0.15) is 12.4 Å². The van der Waals surface area contributed by atoms with Gasteiger partial charge in [0, 0.05) is 24.4 Å². The third-order valence-electron chi connectivity index (χ3n) is 2.81. The molecule has 0 aliphatic carbocycles. The highest BCUT2D eigenvalue weighted by Crippen LogP contribution is 2.29. The summed E-state index contributed by atoms with van der Waals surface area (Å²) >= 11 is 3.60.